The molecule has 5 heteroatoms. The van der Waals surface area contributed by atoms with Gasteiger partial charge in [-0.3, -0.25) is 9.59 Å². The van der Waals surface area contributed by atoms with E-state index in [-0.39, 0.29) is 23.8 Å². The van der Waals surface area contributed by atoms with Crippen molar-refractivity contribution >= 4 is 11.8 Å². The predicted molar refractivity (Wildman–Crippen MR) is 86.5 cm³/mol. The number of likely N-dealkylation sites (tertiary alicyclic amines) is 2. The minimum Gasteiger partial charge on any atom is -0.388 e. The maximum absolute atomic E-state index is 12.7. The third-order valence-electron chi connectivity index (χ3n) is 5.03. The molecule has 2 fully saturated rings. The summed E-state index contributed by atoms with van der Waals surface area (Å²) in [4.78, 5) is 27.9. The molecule has 2 saturated heterocycles. The number of carbonyl (C=O) groups excluding carboxylic acids is 2. The second-order valence-corrected chi connectivity index (χ2v) is 6.67. The van der Waals surface area contributed by atoms with Gasteiger partial charge < -0.3 is 14.9 Å². The van der Waals surface area contributed by atoms with Crippen LogP contribution in [0.4, 0.5) is 0 Å². The van der Waals surface area contributed by atoms with Crippen LogP contribution in [0.5, 0.6) is 0 Å². The van der Waals surface area contributed by atoms with Gasteiger partial charge in [-0.05, 0) is 24.8 Å². The van der Waals surface area contributed by atoms with Crippen molar-refractivity contribution in [3.05, 3.63) is 35.9 Å². The quantitative estimate of drug-likeness (QED) is 0.917. The summed E-state index contributed by atoms with van der Waals surface area (Å²) in [5.74, 6) is -0.101. The van der Waals surface area contributed by atoms with E-state index in [9.17, 15) is 14.7 Å². The highest BCUT2D eigenvalue weighted by atomic mass is 16.3. The number of hydrogen-bond donors (Lipinski definition) is 1. The smallest absolute Gasteiger partial charge is 0.228 e. The average molecular weight is 316 g/mol. The van der Waals surface area contributed by atoms with Gasteiger partial charge in [-0.25, -0.2) is 0 Å². The Hall–Kier alpha value is -1.88. The van der Waals surface area contributed by atoms with Gasteiger partial charge in [-0.15, -0.1) is 0 Å². The third kappa shape index (κ3) is 3.39. The second-order valence-electron chi connectivity index (χ2n) is 6.67. The first-order chi connectivity index (χ1) is 11.1. The van der Waals surface area contributed by atoms with Crippen molar-refractivity contribution in [1.82, 2.24) is 9.80 Å². The van der Waals surface area contributed by atoms with Crippen molar-refractivity contribution in [2.75, 3.05) is 20.1 Å². The molecule has 2 heterocycles. The Labute approximate surface area is 136 Å². The van der Waals surface area contributed by atoms with E-state index in [0.29, 0.717) is 19.4 Å². The highest BCUT2D eigenvalue weighted by molar-refractivity contribution is 5.89. The van der Waals surface area contributed by atoms with Crippen LogP contribution in [0.3, 0.4) is 0 Å². The molecule has 0 bridgehead atoms. The van der Waals surface area contributed by atoms with Crippen molar-refractivity contribution in [3.63, 3.8) is 0 Å². The van der Waals surface area contributed by atoms with Crippen LogP contribution in [0.15, 0.2) is 30.3 Å². The lowest BCUT2D eigenvalue weighted by Crippen LogP contribution is -2.41. The van der Waals surface area contributed by atoms with E-state index in [0.717, 1.165) is 24.9 Å². The molecular formula is C18H24N2O3. The van der Waals surface area contributed by atoms with E-state index >= 15 is 0 Å². The van der Waals surface area contributed by atoms with Crippen LogP contribution in [0, 0.1) is 5.92 Å². The Morgan fingerprint density at radius 2 is 2.09 bits per heavy atom. The molecule has 1 aromatic carbocycles. The molecule has 0 spiro atoms. The SMILES string of the molecule is CN1C[C@H](C(=O)N2CCC[C@@H]2C[C@@H](O)c2ccccc2)CC1=O. The summed E-state index contributed by atoms with van der Waals surface area (Å²) in [6, 6.07) is 9.65. The van der Waals surface area contributed by atoms with E-state index in [4.69, 9.17) is 0 Å². The zero-order valence-electron chi connectivity index (χ0n) is 13.5. The number of hydrogen-bond acceptors (Lipinski definition) is 3. The first-order valence-electron chi connectivity index (χ1n) is 8.33. The first-order valence-corrected chi connectivity index (χ1v) is 8.33. The summed E-state index contributed by atoms with van der Waals surface area (Å²) >= 11 is 0. The minimum atomic E-state index is -0.553. The molecule has 0 aromatic heterocycles. The molecule has 0 unspecified atom stereocenters. The Morgan fingerprint density at radius 3 is 2.74 bits per heavy atom. The predicted octanol–water partition coefficient (Wildman–Crippen LogP) is 1.58. The lowest BCUT2D eigenvalue weighted by Gasteiger charge is -2.28. The van der Waals surface area contributed by atoms with Crippen LogP contribution in [0.2, 0.25) is 0 Å². The van der Waals surface area contributed by atoms with Gasteiger partial charge >= 0.3 is 0 Å². The minimum absolute atomic E-state index is 0.0448. The van der Waals surface area contributed by atoms with Crippen LogP contribution in [-0.4, -0.2) is 52.9 Å². The molecule has 0 radical (unpaired) electrons. The zero-order chi connectivity index (χ0) is 16.4. The molecule has 3 rings (SSSR count). The number of carbonyl (C=O) groups is 2. The van der Waals surface area contributed by atoms with Crippen LogP contribution >= 0.6 is 0 Å². The second kappa shape index (κ2) is 6.71. The van der Waals surface area contributed by atoms with Crippen LogP contribution in [0.25, 0.3) is 0 Å². The molecule has 2 amide bonds. The van der Waals surface area contributed by atoms with Crippen molar-refractivity contribution in [2.45, 2.75) is 37.8 Å². The number of nitrogens with zero attached hydrogens (tertiary/aromatic N) is 2. The van der Waals surface area contributed by atoms with Gasteiger partial charge in [-0.1, -0.05) is 30.3 Å². The van der Waals surface area contributed by atoms with Crippen LogP contribution in [-0.2, 0) is 9.59 Å². The van der Waals surface area contributed by atoms with Gasteiger partial charge in [0.2, 0.25) is 11.8 Å². The first kappa shape index (κ1) is 16.0. The Kier molecular flexibility index (Phi) is 4.66. The molecule has 1 N–H and O–H groups in total. The molecule has 2 aliphatic heterocycles. The maximum atomic E-state index is 12.7. The molecule has 0 saturated carbocycles. The number of aliphatic hydroxyl groups is 1. The topological polar surface area (TPSA) is 60.9 Å². The van der Waals surface area contributed by atoms with Crippen molar-refractivity contribution in [3.8, 4) is 0 Å². The van der Waals surface area contributed by atoms with Gasteiger partial charge in [0.25, 0.3) is 0 Å². The number of aliphatic hydroxyl groups excluding tert-OH is 1. The number of amides is 2. The lowest BCUT2D eigenvalue weighted by molar-refractivity contribution is -0.137. The van der Waals surface area contributed by atoms with E-state index in [2.05, 4.69) is 0 Å². The number of rotatable bonds is 4. The lowest BCUT2D eigenvalue weighted by atomic mass is 9.99. The Morgan fingerprint density at radius 1 is 1.35 bits per heavy atom. The van der Waals surface area contributed by atoms with Gasteiger partial charge in [0.05, 0.1) is 12.0 Å². The summed E-state index contributed by atoms with van der Waals surface area (Å²) in [6.45, 7) is 1.25. The Bertz CT molecular complexity index is 575. The Balaban J connectivity index is 1.64. The number of benzene rings is 1. The van der Waals surface area contributed by atoms with E-state index in [1.807, 2.05) is 35.2 Å². The standard InChI is InChI=1S/C18H24N2O3/c1-19-12-14(10-17(19)22)18(23)20-9-5-8-15(20)11-16(21)13-6-3-2-4-7-13/h2-4,6-7,14-16,21H,5,8-12H2,1H3/t14-,15-,16-/m1/s1. The van der Waals surface area contributed by atoms with Gasteiger partial charge in [0.1, 0.15) is 0 Å². The van der Waals surface area contributed by atoms with Crippen LogP contribution < -0.4 is 0 Å². The van der Waals surface area contributed by atoms with Crippen LogP contribution in [0.1, 0.15) is 37.4 Å². The monoisotopic (exact) mass is 316 g/mol. The molecule has 124 valence electrons. The molecule has 1 aromatic rings. The molecule has 3 atom stereocenters. The summed E-state index contributed by atoms with van der Waals surface area (Å²) in [7, 11) is 1.75. The molecule has 23 heavy (non-hydrogen) atoms. The molecule has 5 nitrogen and oxygen atoms in total. The highest BCUT2D eigenvalue weighted by Crippen LogP contribution is 2.30. The largest absolute Gasteiger partial charge is 0.388 e. The van der Waals surface area contributed by atoms with Gasteiger partial charge in [0, 0.05) is 32.6 Å². The van der Waals surface area contributed by atoms with Crippen molar-refractivity contribution in [2.24, 2.45) is 5.92 Å². The summed E-state index contributed by atoms with van der Waals surface area (Å²) in [5.41, 5.74) is 0.891. The molecule has 2 aliphatic rings. The van der Waals surface area contributed by atoms with Crippen molar-refractivity contribution in [1.29, 1.82) is 0 Å². The van der Waals surface area contributed by atoms with E-state index in [1.165, 1.54) is 0 Å². The average Bonchev–Trinajstić information content (AvgIpc) is 3.15. The van der Waals surface area contributed by atoms with E-state index < -0.39 is 6.10 Å². The maximum Gasteiger partial charge on any atom is 0.228 e. The normalized spacial score (nSPS) is 25.9. The van der Waals surface area contributed by atoms with Gasteiger partial charge in [-0.2, -0.15) is 0 Å². The molecular weight excluding hydrogens is 292 g/mol. The fourth-order valence-electron chi connectivity index (χ4n) is 3.70. The highest BCUT2D eigenvalue weighted by Gasteiger charge is 2.39. The molecule has 0 aliphatic carbocycles. The van der Waals surface area contributed by atoms with Gasteiger partial charge in [0.15, 0.2) is 0 Å². The summed E-state index contributed by atoms with van der Waals surface area (Å²) in [6.07, 6.45) is 2.22. The van der Waals surface area contributed by atoms with E-state index in [1.54, 1.807) is 11.9 Å². The summed E-state index contributed by atoms with van der Waals surface area (Å²) < 4.78 is 0. The third-order valence-corrected chi connectivity index (χ3v) is 5.03. The summed E-state index contributed by atoms with van der Waals surface area (Å²) in [5, 5.41) is 10.4. The zero-order valence-corrected chi connectivity index (χ0v) is 13.5. The fourth-order valence-corrected chi connectivity index (χ4v) is 3.70. The van der Waals surface area contributed by atoms with Crippen molar-refractivity contribution < 1.29 is 14.7 Å². The fraction of sp³-hybridized carbons (Fsp3) is 0.556.